The minimum atomic E-state index is -3.43. The van der Waals surface area contributed by atoms with Crippen molar-refractivity contribution in [1.82, 2.24) is 4.72 Å². The van der Waals surface area contributed by atoms with E-state index in [4.69, 9.17) is 10.9 Å². The average molecular weight is 271 g/mol. The monoisotopic (exact) mass is 271 g/mol. The van der Waals surface area contributed by atoms with E-state index in [1.165, 1.54) is 0 Å². The van der Waals surface area contributed by atoms with Gasteiger partial charge in [0.1, 0.15) is 5.84 Å². The summed E-state index contributed by atoms with van der Waals surface area (Å²) in [6, 6.07) is 8.45. The summed E-state index contributed by atoms with van der Waals surface area (Å²) < 4.78 is 26.1. The molecule has 1 aromatic rings. The number of benzene rings is 1. The molecule has 0 aliphatic carbocycles. The average Bonchev–Trinajstić information content (AvgIpc) is 2.28. The fraction of sp³-hybridized carbons (Fsp3) is 0.364. The zero-order valence-corrected chi connectivity index (χ0v) is 10.9. The first-order valence-electron chi connectivity index (χ1n) is 5.43. The van der Waals surface area contributed by atoms with E-state index in [0.29, 0.717) is 5.56 Å². The second-order valence-electron chi connectivity index (χ2n) is 4.06. The number of hydrogen-bond acceptors (Lipinski definition) is 4. The van der Waals surface area contributed by atoms with Gasteiger partial charge in [0, 0.05) is 12.5 Å². The van der Waals surface area contributed by atoms with Gasteiger partial charge < -0.3 is 10.9 Å². The van der Waals surface area contributed by atoms with Gasteiger partial charge in [-0.2, -0.15) is 0 Å². The summed E-state index contributed by atoms with van der Waals surface area (Å²) in [5.74, 6) is -0.0983. The predicted molar refractivity (Wildman–Crippen MR) is 69.7 cm³/mol. The molecule has 1 unspecified atom stereocenters. The first-order chi connectivity index (χ1) is 8.43. The van der Waals surface area contributed by atoms with Crippen molar-refractivity contribution < 1.29 is 13.6 Å². The van der Waals surface area contributed by atoms with Crippen LogP contribution < -0.4 is 10.5 Å². The van der Waals surface area contributed by atoms with Crippen LogP contribution in [0.4, 0.5) is 0 Å². The standard InChI is InChI=1S/C11H17N3O3S/c1-9(7-11(12)13-15)14-18(16,17)8-10-5-3-2-4-6-10/h2-6,9,14-15H,7-8H2,1H3,(H2,12,13). The molecule has 0 spiro atoms. The van der Waals surface area contributed by atoms with E-state index >= 15 is 0 Å². The van der Waals surface area contributed by atoms with Gasteiger partial charge in [-0.25, -0.2) is 13.1 Å². The van der Waals surface area contributed by atoms with Crippen LogP contribution in [-0.4, -0.2) is 25.5 Å². The number of oxime groups is 1. The highest BCUT2D eigenvalue weighted by Gasteiger charge is 2.16. The highest BCUT2D eigenvalue weighted by molar-refractivity contribution is 7.88. The molecule has 1 rings (SSSR count). The molecule has 6 nitrogen and oxygen atoms in total. The summed E-state index contributed by atoms with van der Waals surface area (Å²) in [6.07, 6.45) is 0.157. The van der Waals surface area contributed by atoms with Gasteiger partial charge in [-0.15, -0.1) is 0 Å². The molecule has 0 bridgehead atoms. The van der Waals surface area contributed by atoms with Crippen molar-refractivity contribution in [2.24, 2.45) is 10.9 Å². The Morgan fingerprint density at radius 3 is 2.61 bits per heavy atom. The van der Waals surface area contributed by atoms with Gasteiger partial charge >= 0.3 is 0 Å². The van der Waals surface area contributed by atoms with Crippen LogP contribution in [0.3, 0.4) is 0 Å². The molecule has 0 saturated carbocycles. The van der Waals surface area contributed by atoms with Crippen molar-refractivity contribution in [1.29, 1.82) is 0 Å². The molecule has 7 heteroatoms. The topological polar surface area (TPSA) is 105 Å². The number of nitrogens with two attached hydrogens (primary N) is 1. The van der Waals surface area contributed by atoms with E-state index in [1.807, 2.05) is 6.07 Å². The smallest absolute Gasteiger partial charge is 0.216 e. The van der Waals surface area contributed by atoms with E-state index in [9.17, 15) is 8.42 Å². The van der Waals surface area contributed by atoms with Crippen LogP contribution in [0.15, 0.2) is 35.5 Å². The maximum atomic E-state index is 11.8. The van der Waals surface area contributed by atoms with Crippen molar-refractivity contribution in [2.45, 2.75) is 25.1 Å². The van der Waals surface area contributed by atoms with Crippen molar-refractivity contribution in [3.05, 3.63) is 35.9 Å². The summed E-state index contributed by atoms with van der Waals surface area (Å²) in [4.78, 5) is 0. The number of amidine groups is 1. The molecular weight excluding hydrogens is 254 g/mol. The maximum Gasteiger partial charge on any atom is 0.216 e. The third-order valence-corrected chi connectivity index (χ3v) is 3.70. The molecule has 100 valence electrons. The lowest BCUT2D eigenvalue weighted by Crippen LogP contribution is -2.36. The van der Waals surface area contributed by atoms with E-state index in [2.05, 4.69) is 9.88 Å². The molecule has 18 heavy (non-hydrogen) atoms. The molecule has 0 amide bonds. The van der Waals surface area contributed by atoms with E-state index < -0.39 is 16.1 Å². The molecular formula is C11H17N3O3S. The van der Waals surface area contributed by atoms with Crippen molar-refractivity contribution in [3.63, 3.8) is 0 Å². The summed E-state index contributed by atoms with van der Waals surface area (Å²) in [6.45, 7) is 1.65. The maximum absolute atomic E-state index is 11.8. The summed E-state index contributed by atoms with van der Waals surface area (Å²) in [7, 11) is -3.43. The van der Waals surface area contributed by atoms with Gasteiger partial charge in [-0.05, 0) is 12.5 Å². The highest BCUT2D eigenvalue weighted by atomic mass is 32.2. The summed E-state index contributed by atoms with van der Waals surface area (Å²) in [5, 5.41) is 11.2. The number of rotatable bonds is 6. The number of hydrogen-bond donors (Lipinski definition) is 3. The minimum Gasteiger partial charge on any atom is -0.409 e. The van der Waals surface area contributed by atoms with Gasteiger partial charge in [0.05, 0.1) is 5.75 Å². The molecule has 0 radical (unpaired) electrons. The minimum absolute atomic E-state index is 0.00934. The summed E-state index contributed by atoms with van der Waals surface area (Å²) >= 11 is 0. The Morgan fingerprint density at radius 1 is 1.44 bits per heavy atom. The second kappa shape index (κ2) is 6.36. The molecule has 1 atom stereocenters. The van der Waals surface area contributed by atoms with Gasteiger partial charge in [0.25, 0.3) is 0 Å². The van der Waals surface area contributed by atoms with Crippen molar-refractivity contribution in [3.8, 4) is 0 Å². The fourth-order valence-electron chi connectivity index (χ4n) is 1.54. The van der Waals surface area contributed by atoms with Gasteiger partial charge in [0.2, 0.25) is 10.0 Å². The molecule has 0 aliphatic rings. The Bertz CT molecular complexity index is 500. The van der Waals surface area contributed by atoms with Crippen LogP contribution in [-0.2, 0) is 15.8 Å². The fourth-order valence-corrected chi connectivity index (χ4v) is 2.95. The van der Waals surface area contributed by atoms with Crippen LogP contribution in [0.1, 0.15) is 18.9 Å². The van der Waals surface area contributed by atoms with Crippen molar-refractivity contribution in [2.75, 3.05) is 0 Å². The Kier molecular flexibility index (Phi) is 5.11. The van der Waals surface area contributed by atoms with Gasteiger partial charge in [-0.1, -0.05) is 35.5 Å². The molecule has 4 N–H and O–H groups in total. The third kappa shape index (κ3) is 5.15. The second-order valence-corrected chi connectivity index (χ2v) is 5.81. The predicted octanol–water partition coefficient (Wildman–Crippen LogP) is 0.631. The molecule has 0 fully saturated rings. The lowest BCUT2D eigenvalue weighted by molar-refractivity contribution is 0.316. The van der Waals surface area contributed by atoms with Crippen LogP contribution in [0.5, 0.6) is 0 Å². The van der Waals surface area contributed by atoms with E-state index in [1.54, 1.807) is 31.2 Å². The largest absolute Gasteiger partial charge is 0.409 e. The van der Waals surface area contributed by atoms with Crippen LogP contribution in [0.2, 0.25) is 0 Å². The lowest BCUT2D eigenvalue weighted by atomic mass is 10.2. The molecule has 0 aromatic heterocycles. The van der Waals surface area contributed by atoms with Gasteiger partial charge in [-0.3, -0.25) is 0 Å². The van der Waals surface area contributed by atoms with E-state index in [-0.39, 0.29) is 18.0 Å². The Balaban J connectivity index is 2.60. The Labute approximate surface area is 107 Å². The highest BCUT2D eigenvalue weighted by Crippen LogP contribution is 2.05. The van der Waals surface area contributed by atoms with E-state index in [0.717, 1.165) is 0 Å². The number of nitrogens with zero attached hydrogens (tertiary/aromatic N) is 1. The van der Waals surface area contributed by atoms with Crippen LogP contribution >= 0.6 is 0 Å². The third-order valence-electron chi connectivity index (χ3n) is 2.22. The Morgan fingerprint density at radius 2 is 2.06 bits per heavy atom. The number of nitrogens with one attached hydrogen (secondary N) is 1. The zero-order valence-electron chi connectivity index (χ0n) is 10.1. The van der Waals surface area contributed by atoms with Crippen LogP contribution in [0, 0.1) is 0 Å². The quantitative estimate of drug-likeness (QED) is 0.305. The zero-order chi connectivity index (χ0) is 13.6. The Hall–Kier alpha value is -1.60. The summed E-state index contributed by atoms with van der Waals surface area (Å²) in [5.41, 5.74) is 6.02. The SMILES string of the molecule is CC(CC(N)=NO)NS(=O)(=O)Cc1ccccc1. The molecule has 0 aliphatic heterocycles. The van der Waals surface area contributed by atoms with Crippen molar-refractivity contribution >= 4 is 15.9 Å². The first-order valence-corrected chi connectivity index (χ1v) is 7.08. The molecule has 0 saturated heterocycles. The van der Waals surface area contributed by atoms with Gasteiger partial charge in [0.15, 0.2) is 0 Å². The molecule has 0 heterocycles. The first kappa shape index (κ1) is 14.5. The molecule has 1 aromatic carbocycles. The normalized spacial score (nSPS) is 14.4. The number of sulfonamides is 1. The van der Waals surface area contributed by atoms with Crippen LogP contribution in [0.25, 0.3) is 0 Å². The lowest BCUT2D eigenvalue weighted by Gasteiger charge is -2.13.